The van der Waals surface area contributed by atoms with Gasteiger partial charge in [0.25, 0.3) is 5.91 Å². The van der Waals surface area contributed by atoms with Gasteiger partial charge in [0.15, 0.2) is 11.5 Å². The third-order valence-electron chi connectivity index (χ3n) is 4.56. The maximum Gasteiger partial charge on any atom is 0.343 e. The molecule has 1 aromatic heterocycles. The van der Waals surface area contributed by atoms with E-state index in [-0.39, 0.29) is 23.1 Å². The first-order chi connectivity index (χ1) is 14.9. The average molecular weight is 426 g/mol. The summed E-state index contributed by atoms with van der Waals surface area (Å²) in [7, 11) is 4.38. The van der Waals surface area contributed by atoms with Crippen molar-refractivity contribution in [1.82, 2.24) is 4.98 Å². The number of ether oxygens (including phenoxy) is 4. The lowest BCUT2D eigenvalue weighted by molar-refractivity contribution is 0.0524. The maximum absolute atomic E-state index is 12.8. The van der Waals surface area contributed by atoms with Gasteiger partial charge in [-0.1, -0.05) is 0 Å². The van der Waals surface area contributed by atoms with E-state index in [0.717, 1.165) is 0 Å². The Morgan fingerprint density at radius 3 is 2.26 bits per heavy atom. The van der Waals surface area contributed by atoms with E-state index in [1.807, 2.05) is 0 Å². The fourth-order valence-corrected chi connectivity index (χ4v) is 3.07. The third kappa shape index (κ3) is 4.30. The number of amides is 1. The van der Waals surface area contributed by atoms with Crippen molar-refractivity contribution in [2.24, 2.45) is 0 Å². The van der Waals surface area contributed by atoms with E-state index >= 15 is 0 Å². The standard InChI is InChI=1S/C22H22N2O7/c1-5-31-22(27)15-11-23-16-7-6-13(10-14(16)19(15)25)24-21(26)12-8-17(28-2)20(30-4)18(9-12)29-3/h6-11H,5H2,1-4H3,(H,23,25)(H,24,26). The normalized spacial score (nSPS) is 10.5. The van der Waals surface area contributed by atoms with Crippen LogP contribution in [0.1, 0.15) is 27.6 Å². The number of carbonyl (C=O) groups excluding carboxylic acids is 2. The first-order valence-electron chi connectivity index (χ1n) is 9.37. The molecule has 0 aliphatic heterocycles. The second kappa shape index (κ2) is 9.21. The van der Waals surface area contributed by atoms with Crippen LogP contribution in [0, 0.1) is 0 Å². The minimum absolute atomic E-state index is 0.109. The van der Waals surface area contributed by atoms with E-state index in [1.54, 1.807) is 19.1 Å². The number of hydrogen-bond donors (Lipinski definition) is 2. The van der Waals surface area contributed by atoms with E-state index in [0.29, 0.717) is 28.5 Å². The molecule has 0 spiro atoms. The van der Waals surface area contributed by atoms with Gasteiger partial charge in [0.1, 0.15) is 5.56 Å². The Morgan fingerprint density at radius 2 is 1.68 bits per heavy atom. The lowest BCUT2D eigenvalue weighted by atomic mass is 10.1. The van der Waals surface area contributed by atoms with Crippen molar-refractivity contribution >= 4 is 28.5 Å². The topological polar surface area (TPSA) is 116 Å². The fraction of sp³-hybridized carbons (Fsp3) is 0.227. The molecule has 0 aliphatic carbocycles. The number of fused-ring (bicyclic) bond motifs is 1. The van der Waals surface area contributed by atoms with E-state index in [4.69, 9.17) is 18.9 Å². The summed E-state index contributed by atoms with van der Waals surface area (Å²) in [5, 5.41) is 2.98. The number of nitrogens with one attached hydrogen (secondary N) is 2. The monoisotopic (exact) mass is 426 g/mol. The predicted molar refractivity (Wildman–Crippen MR) is 115 cm³/mol. The summed E-state index contributed by atoms with van der Waals surface area (Å²) in [5.74, 6) is -0.124. The van der Waals surface area contributed by atoms with Crippen molar-refractivity contribution in [3.63, 3.8) is 0 Å². The maximum atomic E-state index is 12.8. The highest BCUT2D eigenvalue weighted by Gasteiger charge is 2.18. The molecule has 9 heteroatoms. The van der Waals surface area contributed by atoms with E-state index in [2.05, 4.69) is 10.3 Å². The van der Waals surface area contributed by atoms with Crippen LogP contribution < -0.4 is 25.0 Å². The number of anilines is 1. The summed E-state index contributed by atoms with van der Waals surface area (Å²) >= 11 is 0. The van der Waals surface area contributed by atoms with Crippen LogP contribution >= 0.6 is 0 Å². The van der Waals surface area contributed by atoms with Gasteiger partial charge >= 0.3 is 5.97 Å². The molecule has 9 nitrogen and oxygen atoms in total. The van der Waals surface area contributed by atoms with Gasteiger partial charge in [-0.15, -0.1) is 0 Å². The van der Waals surface area contributed by atoms with Crippen LogP contribution in [0.25, 0.3) is 10.9 Å². The van der Waals surface area contributed by atoms with Crippen LogP contribution in [-0.2, 0) is 4.74 Å². The molecular formula is C22H22N2O7. The number of methoxy groups -OCH3 is 3. The van der Waals surface area contributed by atoms with Gasteiger partial charge < -0.3 is 29.2 Å². The molecule has 2 N–H and O–H groups in total. The molecule has 31 heavy (non-hydrogen) atoms. The van der Waals surface area contributed by atoms with Crippen molar-refractivity contribution in [3.8, 4) is 17.2 Å². The van der Waals surface area contributed by atoms with Gasteiger partial charge in [-0.2, -0.15) is 0 Å². The molecule has 2 aromatic carbocycles. The zero-order valence-corrected chi connectivity index (χ0v) is 17.5. The molecule has 162 valence electrons. The highest BCUT2D eigenvalue weighted by molar-refractivity contribution is 6.06. The van der Waals surface area contributed by atoms with Crippen LogP contribution in [0.4, 0.5) is 5.69 Å². The Labute approximate surface area is 177 Å². The third-order valence-corrected chi connectivity index (χ3v) is 4.56. The molecule has 0 saturated heterocycles. The number of esters is 1. The first kappa shape index (κ1) is 21.7. The predicted octanol–water partition coefficient (Wildman–Crippen LogP) is 2.98. The molecule has 3 aromatic rings. The molecular weight excluding hydrogens is 404 g/mol. The van der Waals surface area contributed by atoms with Gasteiger partial charge in [0, 0.05) is 28.4 Å². The van der Waals surface area contributed by atoms with Crippen molar-refractivity contribution in [3.05, 3.63) is 57.9 Å². The first-order valence-corrected chi connectivity index (χ1v) is 9.37. The Hall–Kier alpha value is -4.01. The van der Waals surface area contributed by atoms with E-state index in [1.165, 1.54) is 45.7 Å². The fourth-order valence-electron chi connectivity index (χ4n) is 3.07. The van der Waals surface area contributed by atoms with E-state index in [9.17, 15) is 14.4 Å². The molecule has 0 fully saturated rings. The molecule has 0 unspecified atom stereocenters. The lowest BCUT2D eigenvalue weighted by Gasteiger charge is -2.14. The Balaban J connectivity index is 1.96. The number of rotatable bonds is 7. The van der Waals surface area contributed by atoms with Gasteiger partial charge in [-0.05, 0) is 37.3 Å². The SMILES string of the molecule is CCOC(=O)c1c[nH]c2ccc(NC(=O)c3cc(OC)c(OC)c(OC)c3)cc2c1=O. The molecule has 0 bridgehead atoms. The Morgan fingerprint density at radius 1 is 1.00 bits per heavy atom. The van der Waals surface area contributed by atoms with Crippen molar-refractivity contribution < 1.29 is 28.5 Å². The van der Waals surface area contributed by atoms with Gasteiger partial charge in [0.05, 0.1) is 27.9 Å². The number of carbonyl (C=O) groups is 2. The average Bonchev–Trinajstić information content (AvgIpc) is 2.78. The number of H-pyrrole nitrogens is 1. The van der Waals surface area contributed by atoms with Gasteiger partial charge in [0.2, 0.25) is 11.2 Å². The molecule has 3 rings (SSSR count). The zero-order chi connectivity index (χ0) is 22.5. The van der Waals surface area contributed by atoms with Crippen LogP contribution in [0.3, 0.4) is 0 Å². The van der Waals surface area contributed by atoms with Crippen LogP contribution in [0.2, 0.25) is 0 Å². The molecule has 0 atom stereocenters. The Kier molecular flexibility index (Phi) is 6.44. The van der Waals surface area contributed by atoms with Crippen LogP contribution in [0.15, 0.2) is 41.3 Å². The second-order valence-corrected chi connectivity index (χ2v) is 6.38. The van der Waals surface area contributed by atoms with Crippen molar-refractivity contribution in [2.75, 3.05) is 33.3 Å². The number of aromatic nitrogens is 1. The summed E-state index contributed by atoms with van der Waals surface area (Å²) < 4.78 is 20.7. The quantitative estimate of drug-likeness (QED) is 0.558. The number of pyridine rings is 1. The zero-order valence-electron chi connectivity index (χ0n) is 17.5. The minimum atomic E-state index is -0.711. The highest BCUT2D eigenvalue weighted by Crippen LogP contribution is 2.38. The second-order valence-electron chi connectivity index (χ2n) is 6.38. The minimum Gasteiger partial charge on any atom is -0.493 e. The summed E-state index contributed by atoms with van der Waals surface area (Å²) in [6, 6.07) is 7.80. The summed E-state index contributed by atoms with van der Waals surface area (Å²) in [5.41, 5.74) is 0.559. The molecule has 1 amide bonds. The summed E-state index contributed by atoms with van der Waals surface area (Å²) in [4.78, 5) is 40.4. The van der Waals surface area contributed by atoms with Crippen molar-refractivity contribution in [2.45, 2.75) is 6.92 Å². The smallest absolute Gasteiger partial charge is 0.343 e. The lowest BCUT2D eigenvalue weighted by Crippen LogP contribution is -2.18. The molecule has 0 radical (unpaired) electrons. The number of benzene rings is 2. The van der Waals surface area contributed by atoms with Crippen LogP contribution in [0.5, 0.6) is 17.2 Å². The Bertz CT molecular complexity index is 1180. The number of aromatic amines is 1. The molecule has 0 saturated carbocycles. The number of hydrogen-bond acceptors (Lipinski definition) is 7. The van der Waals surface area contributed by atoms with Crippen molar-refractivity contribution in [1.29, 1.82) is 0 Å². The molecule has 0 aliphatic rings. The van der Waals surface area contributed by atoms with E-state index < -0.39 is 17.3 Å². The van der Waals surface area contributed by atoms with Gasteiger partial charge in [-0.25, -0.2) is 4.79 Å². The highest BCUT2D eigenvalue weighted by atomic mass is 16.5. The summed E-state index contributed by atoms with van der Waals surface area (Å²) in [6.07, 6.45) is 1.32. The molecule has 1 heterocycles. The summed E-state index contributed by atoms with van der Waals surface area (Å²) in [6.45, 7) is 1.81. The largest absolute Gasteiger partial charge is 0.493 e. The van der Waals surface area contributed by atoms with Gasteiger partial charge in [-0.3, -0.25) is 9.59 Å². The van der Waals surface area contributed by atoms with Crippen LogP contribution in [-0.4, -0.2) is 44.8 Å².